The highest BCUT2D eigenvalue weighted by Crippen LogP contribution is 2.20. The van der Waals surface area contributed by atoms with Crippen molar-refractivity contribution >= 4 is 17.2 Å². The first-order valence-electron chi connectivity index (χ1n) is 6.29. The van der Waals surface area contributed by atoms with E-state index < -0.39 is 0 Å². The van der Waals surface area contributed by atoms with Crippen molar-refractivity contribution in [1.29, 1.82) is 0 Å². The summed E-state index contributed by atoms with van der Waals surface area (Å²) in [7, 11) is 1.68. The van der Waals surface area contributed by atoms with Crippen molar-refractivity contribution in [3.63, 3.8) is 0 Å². The van der Waals surface area contributed by atoms with Crippen LogP contribution in [0.5, 0.6) is 0 Å². The number of carbonyl (C=O) groups excluding carboxylic acids is 1. The average molecular weight is 265 g/mol. The van der Waals surface area contributed by atoms with Gasteiger partial charge in [0.25, 0.3) is 0 Å². The summed E-state index contributed by atoms with van der Waals surface area (Å²) in [5, 5.41) is 7.08. The molecular weight excluding hydrogens is 246 g/mol. The van der Waals surface area contributed by atoms with Crippen LogP contribution in [0.4, 0.5) is 0 Å². The lowest BCUT2D eigenvalue weighted by Gasteiger charge is -2.20. The van der Waals surface area contributed by atoms with E-state index in [2.05, 4.69) is 22.8 Å². The third-order valence-electron chi connectivity index (χ3n) is 3.30. The molecule has 1 N–H and O–H groups in total. The quantitative estimate of drug-likeness (QED) is 0.831. The van der Waals surface area contributed by atoms with Crippen LogP contribution in [0.2, 0.25) is 0 Å². The molecule has 2 rings (SSSR count). The standard InChI is InChI=1S/C14H19NO2S/c1-17-13(12-7-8-18-10-12)9-15-14(16)11-5-3-2-4-6-11/h2-3,7-8,10-11,13H,4-6,9H2,1H3,(H,15,16). The van der Waals surface area contributed by atoms with Gasteiger partial charge in [-0.2, -0.15) is 11.3 Å². The highest BCUT2D eigenvalue weighted by atomic mass is 32.1. The molecule has 1 heterocycles. The number of nitrogens with one attached hydrogen (secondary N) is 1. The van der Waals surface area contributed by atoms with Gasteiger partial charge in [0.1, 0.15) is 6.10 Å². The van der Waals surface area contributed by atoms with E-state index in [9.17, 15) is 4.79 Å². The SMILES string of the molecule is COC(CNC(=O)C1CC=CCC1)c1ccsc1. The van der Waals surface area contributed by atoms with Gasteiger partial charge in [0.2, 0.25) is 5.91 Å². The lowest BCUT2D eigenvalue weighted by Crippen LogP contribution is -2.34. The van der Waals surface area contributed by atoms with Gasteiger partial charge >= 0.3 is 0 Å². The van der Waals surface area contributed by atoms with Crippen LogP contribution in [0.3, 0.4) is 0 Å². The Kier molecular flexibility index (Phi) is 4.96. The molecule has 0 aliphatic heterocycles. The normalized spacial score (nSPS) is 20.6. The van der Waals surface area contributed by atoms with Crippen molar-refractivity contribution in [1.82, 2.24) is 5.32 Å². The number of allylic oxidation sites excluding steroid dienone is 2. The van der Waals surface area contributed by atoms with E-state index in [1.165, 1.54) is 0 Å². The fourth-order valence-corrected chi connectivity index (χ4v) is 2.87. The third kappa shape index (κ3) is 3.43. The summed E-state index contributed by atoms with van der Waals surface area (Å²) in [6, 6.07) is 2.04. The van der Waals surface area contributed by atoms with Gasteiger partial charge in [-0.25, -0.2) is 0 Å². The second kappa shape index (κ2) is 6.71. The van der Waals surface area contributed by atoms with Crippen molar-refractivity contribution in [2.24, 2.45) is 5.92 Å². The summed E-state index contributed by atoms with van der Waals surface area (Å²) in [6.45, 7) is 0.548. The Bertz CT molecular complexity index is 400. The van der Waals surface area contributed by atoms with E-state index in [4.69, 9.17) is 4.74 Å². The van der Waals surface area contributed by atoms with Crippen molar-refractivity contribution in [2.75, 3.05) is 13.7 Å². The maximum absolute atomic E-state index is 12.0. The minimum absolute atomic E-state index is 0.0423. The number of rotatable bonds is 5. The molecule has 0 radical (unpaired) electrons. The molecule has 0 saturated carbocycles. The smallest absolute Gasteiger partial charge is 0.223 e. The van der Waals surface area contributed by atoms with E-state index in [0.717, 1.165) is 24.8 Å². The molecule has 2 unspecified atom stereocenters. The third-order valence-corrected chi connectivity index (χ3v) is 4.00. The summed E-state index contributed by atoms with van der Waals surface area (Å²) in [6.07, 6.45) is 7.03. The summed E-state index contributed by atoms with van der Waals surface area (Å²) in [4.78, 5) is 12.0. The van der Waals surface area contributed by atoms with Gasteiger partial charge in [0, 0.05) is 19.6 Å². The predicted molar refractivity (Wildman–Crippen MR) is 73.6 cm³/mol. The molecule has 0 aromatic carbocycles. The lowest BCUT2D eigenvalue weighted by molar-refractivity contribution is -0.125. The molecule has 3 nitrogen and oxygen atoms in total. The zero-order valence-electron chi connectivity index (χ0n) is 10.6. The molecular formula is C14H19NO2S. The highest BCUT2D eigenvalue weighted by Gasteiger charge is 2.20. The number of methoxy groups -OCH3 is 1. The minimum Gasteiger partial charge on any atom is -0.375 e. The first-order chi connectivity index (χ1) is 8.81. The Labute approximate surface area is 112 Å². The van der Waals surface area contributed by atoms with E-state index >= 15 is 0 Å². The fraction of sp³-hybridized carbons (Fsp3) is 0.500. The molecule has 1 aromatic heterocycles. The summed E-state index contributed by atoms with van der Waals surface area (Å²) < 4.78 is 5.41. The van der Waals surface area contributed by atoms with Crippen LogP contribution in [-0.2, 0) is 9.53 Å². The van der Waals surface area contributed by atoms with Crippen molar-refractivity contribution in [3.05, 3.63) is 34.5 Å². The largest absolute Gasteiger partial charge is 0.375 e. The number of carbonyl (C=O) groups is 1. The van der Waals surface area contributed by atoms with Gasteiger partial charge in [-0.15, -0.1) is 0 Å². The second-order valence-corrected chi connectivity index (χ2v) is 5.29. The van der Waals surface area contributed by atoms with Crippen LogP contribution < -0.4 is 5.32 Å². The number of thiophene rings is 1. The van der Waals surface area contributed by atoms with Crippen molar-refractivity contribution in [2.45, 2.75) is 25.4 Å². The molecule has 1 aliphatic carbocycles. The Balaban J connectivity index is 1.82. The number of ether oxygens (including phenoxy) is 1. The van der Waals surface area contributed by atoms with Gasteiger partial charge < -0.3 is 10.1 Å². The topological polar surface area (TPSA) is 38.3 Å². The Morgan fingerprint density at radius 1 is 1.61 bits per heavy atom. The summed E-state index contributed by atoms with van der Waals surface area (Å²) >= 11 is 1.64. The summed E-state index contributed by atoms with van der Waals surface area (Å²) in [5.74, 6) is 0.284. The van der Waals surface area contributed by atoms with Gasteiger partial charge in [-0.3, -0.25) is 4.79 Å². The first-order valence-corrected chi connectivity index (χ1v) is 7.23. The second-order valence-electron chi connectivity index (χ2n) is 4.51. The van der Waals surface area contributed by atoms with Crippen LogP contribution in [0.25, 0.3) is 0 Å². The number of hydrogen-bond donors (Lipinski definition) is 1. The Morgan fingerprint density at radius 3 is 3.11 bits per heavy atom. The zero-order chi connectivity index (χ0) is 12.8. The van der Waals surface area contributed by atoms with Crippen molar-refractivity contribution < 1.29 is 9.53 Å². The maximum Gasteiger partial charge on any atom is 0.223 e. The Morgan fingerprint density at radius 2 is 2.50 bits per heavy atom. The number of hydrogen-bond acceptors (Lipinski definition) is 3. The fourth-order valence-electron chi connectivity index (χ4n) is 2.16. The van der Waals surface area contributed by atoms with Gasteiger partial charge in [0.15, 0.2) is 0 Å². The van der Waals surface area contributed by atoms with Crippen molar-refractivity contribution in [3.8, 4) is 0 Å². The van der Waals surface area contributed by atoms with E-state index in [0.29, 0.717) is 6.54 Å². The molecule has 18 heavy (non-hydrogen) atoms. The highest BCUT2D eigenvalue weighted by molar-refractivity contribution is 7.07. The molecule has 2 atom stereocenters. The summed E-state index contributed by atoms with van der Waals surface area (Å²) in [5.41, 5.74) is 1.13. The zero-order valence-corrected chi connectivity index (χ0v) is 11.4. The average Bonchev–Trinajstić information content (AvgIpc) is 2.94. The van der Waals surface area contributed by atoms with Gasteiger partial charge in [-0.05, 0) is 41.7 Å². The Hall–Kier alpha value is -1.13. The first kappa shape index (κ1) is 13.3. The predicted octanol–water partition coefficient (Wildman–Crippen LogP) is 2.91. The minimum atomic E-state index is -0.0423. The van der Waals surface area contributed by atoms with Gasteiger partial charge in [-0.1, -0.05) is 12.2 Å². The van der Waals surface area contributed by atoms with Crippen LogP contribution in [-0.4, -0.2) is 19.6 Å². The van der Waals surface area contributed by atoms with Crippen LogP contribution in [0.1, 0.15) is 30.9 Å². The molecule has 0 fully saturated rings. The lowest BCUT2D eigenvalue weighted by atomic mass is 9.93. The maximum atomic E-state index is 12.0. The van der Waals surface area contributed by atoms with Crippen LogP contribution in [0.15, 0.2) is 29.0 Å². The number of amides is 1. The van der Waals surface area contributed by atoms with Crippen LogP contribution >= 0.6 is 11.3 Å². The van der Waals surface area contributed by atoms with E-state index in [-0.39, 0.29) is 17.9 Å². The molecule has 98 valence electrons. The monoisotopic (exact) mass is 265 g/mol. The molecule has 0 spiro atoms. The molecule has 1 aliphatic rings. The van der Waals surface area contributed by atoms with E-state index in [1.807, 2.05) is 11.4 Å². The molecule has 1 amide bonds. The van der Waals surface area contributed by atoms with Gasteiger partial charge in [0.05, 0.1) is 0 Å². The van der Waals surface area contributed by atoms with Crippen LogP contribution in [0, 0.1) is 5.92 Å². The van der Waals surface area contributed by atoms with E-state index in [1.54, 1.807) is 18.4 Å². The molecule has 4 heteroatoms. The molecule has 1 aromatic rings. The molecule has 0 saturated heterocycles. The molecule has 0 bridgehead atoms.